The summed E-state index contributed by atoms with van der Waals surface area (Å²) in [5, 5.41) is 6.07. The average Bonchev–Trinajstić information content (AvgIpc) is 3.15. The summed E-state index contributed by atoms with van der Waals surface area (Å²) in [7, 11) is 0. The zero-order valence-corrected chi connectivity index (χ0v) is 12.2. The van der Waals surface area contributed by atoms with E-state index in [0.717, 1.165) is 12.3 Å². The van der Waals surface area contributed by atoms with Crippen LogP contribution in [0, 0.1) is 5.92 Å². The third-order valence-electron chi connectivity index (χ3n) is 3.93. The van der Waals surface area contributed by atoms with Gasteiger partial charge in [-0.3, -0.25) is 0 Å². The van der Waals surface area contributed by atoms with Crippen LogP contribution in [0.2, 0.25) is 0 Å². The van der Waals surface area contributed by atoms with Gasteiger partial charge in [-0.05, 0) is 42.2 Å². The van der Waals surface area contributed by atoms with E-state index in [0.29, 0.717) is 12.1 Å². The molecule has 1 aromatic heterocycles. The van der Waals surface area contributed by atoms with E-state index in [1.165, 1.54) is 23.3 Å². The first-order valence-corrected chi connectivity index (χ1v) is 8.11. The number of benzene rings is 1. The van der Waals surface area contributed by atoms with Crippen LogP contribution in [0.15, 0.2) is 47.8 Å². The van der Waals surface area contributed by atoms with E-state index in [1.54, 1.807) is 0 Å². The molecule has 0 radical (unpaired) electrons. The Morgan fingerprint density at radius 2 is 1.95 bits per heavy atom. The Morgan fingerprint density at radius 1 is 1.16 bits per heavy atom. The largest absolute Gasteiger partial charge is 0.302 e. The second-order valence-corrected chi connectivity index (χ2v) is 6.35. The van der Waals surface area contributed by atoms with E-state index >= 15 is 0 Å². The lowest BCUT2D eigenvalue weighted by Gasteiger charge is -2.25. The van der Waals surface area contributed by atoms with Gasteiger partial charge in [0.05, 0.1) is 0 Å². The fourth-order valence-corrected chi connectivity index (χ4v) is 3.57. The lowest BCUT2D eigenvalue weighted by Crippen LogP contribution is -2.27. The molecule has 2 atom stereocenters. The molecule has 2 aromatic rings. The van der Waals surface area contributed by atoms with Crippen LogP contribution in [0.3, 0.4) is 0 Å². The van der Waals surface area contributed by atoms with Crippen LogP contribution in [0.4, 0.5) is 0 Å². The van der Waals surface area contributed by atoms with E-state index in [2.05, 4.69) is 60.1 Å². The van der Waals surface area contributed by atoms with Gasteiger partial charge in [-0.1, -0.05) is 43.3 Å². The lowest BCUT2D eigenvalue weighted by atomic mass is 10.0. The van der Waals surface area contributed by atoms with Gasteiger partial charge in [-0.15, -0.1) is 11.3 Å². The van der Waals surface area contributed by atoms with Crippen molar-refractivity contribution >= 4 is 11.3 Å². The Labute approximate surface area is 119 Å². The molecule has 1 aromatic carbocycles. The first-order valence-electron chi connectivity index (χ1n) is 7.23. The molecular weight excluding hydrogens is 250 g/mol. The molecule has 0 spiro atoms. The van der Waals surface area contributed by atoms with E-state index in [9.17, 15) is 0 Å². The predicted octanol–water partition coefficient (Wildman–Crippen LogP) is 4.94. The van der Waals surface area contributed by atoms with Gasteiger partial charge in [0.25, 0.3) is 0 Å². The third kappa shape index (κ3) is 3.07. The summed E-state index contributed by atoms with van der Waals surface area (Å²) < 4.78 is 0. The first-order chi connectivity index (χ1) is 9.38. The molecule has 1 aliphatic rings. The van der Waals surface area contributed by atoms with Crippen molar-refractivity contribution in [1.82, 2.24) is 5.32 Å². The fraction of sp³-hybridized carbons (Fsp3) is 0.412. The monoisotopic (exact) mass is 271 g/mol. The molecule has 1 aliphatic carbocycles. The van der Waals surface area contributed by atoms with E-state index < -0.39 is 0 Å². The van der Waals surface area contributed by atoms with Gasteiger partial charge in [0.1, 0.15) is 0 Å². The summed E-state index contributed by atoms with van der Waals surface area (Å²) in [4.78, 5) is 1.46. The number of rotatable bonds is 6. The lowest BCUT2D eigenvalue weighted by molar-refractivity contribution is 0.406. The normalized spacial score (nSPS) is 18.2. The highest BCUT2D eigenvalue weighted by molar-refractivity contribution is 7.10. The van der Waals surface area contributed by atoms with Crippen molar-refractivity contribution in [3.05, 3.63) is 58.3 Å². The molecular formula is C17H21NS. The molecule has 2 heteroatoms. The molecule has 1 nitrogen and oxygen atoms in total. The number of hydrogen-bond acceptors (Lipinski definition) is 2. The van der Waals surface area contributed by atoms with Gasteiger partial charge in [0, 0.05) is 17.0 Å². The van der Waals surface area contributed by atoms with Crippen molar-refractivity contribution in [2.75, 3.05) is 0 Å². The van der Waals surface area contributed by atoms with Gasteiger partial charge >= 0.3 is 0 Å². The third-order valence-corrected chi connectivity index (χ3v) is 4.91. The van der Waals surface area contributed by atoms with Crippen LogP contribution in [0.1, 0.15) is 48.7 Å². The van der Waals surface area contributed by atoms with Gasteiger partial charge < -0.3 is 5.32 Å². The zero-order valence-electron chi connectivity index (χ0n) is 11.4. The van der Waals surface area contributed by atoms with Gasteiger partial charge in [-0.2, -0.15) is 0 Å². The van der Waals surface area contributed by atoms with Crippen molar-refractivity contribution in [2.45, 2.75) is 38.3 Å². The summed E-state index contributed by atoms with van der Waals surface area (Å²) in [5.74, 6) is 0.830. The Hall–Kier alpha value is -1.12. The van der Waals surface area contributed by atoms with E-state index in [1.807, 2.05) is 11.3 Å². The highest BCUT2D eigenvalue weighted by atomic mass is 32.1. The topological polar surface area (TPSA) is 12.0 Å². The molecule has 1 N–H and O–H groups in total. The molecule has 3 rings (SSSR count). The highest BCUT2D eigenvalue weighted by Crippen LogP contribution is 2.42. The summed E-state index contributed by atoms with van der Waals surface area (Å²) in [6.45, 7) is 2.27. The molecule has 2 unspecified atom stereocenters. The molecule has 0 bridgehead atoms. The Bertz CT molecular complexity index is 487. The van der Waals surface area contributed by atoms with Gasteiger partial charge in [0.2, 0.25) is 0 Å². The van der Waals surface area contributed by atoms with Crippen molar-refractivity contribution in [1.29, 1.82) is 0 Å². The summed E-state index contributed by atoms with van der Waals surface area (Å²) in [5.41, 5.74) is 1.44. The van der Waals surface area contributed by atoms with Crippen LogP contribution in [-0.2, 0) is 0 Å². The predicted molar refractivity (Wildman–Crippen MR) is 82.4 cm³/mol. The maximum absolute atomic E-state index is 3.89. The fourth-order valence-electron chi connectivity index (χ4n) is 2.70. The van der Waals surface area contributed by atoms with Crippen molar-refractivity contribution in [3.63, 3.8) is 0 Å². The second kappa shape index (κ2) is 5.89. The molecule has 0 amide bonds. The maximum Gasteiger partial charge on any atom is 0.0417 e. The standard InChI is InChI=1S/C17H21NS/c1-2-15(16-9-6-12-19-16)18-17(14-10-11-14)13-7-4-3-5-8-13/h3-9,12,14-15,17-18H,2,10-11H2,1H3. The minimum absolute atomic E-state index is 0.491. The summed E-state index contributed by atoms with van der Waals surface area (Å²) in [6, 6.07) is 16.3. The Balaban J connectivity index is 1.78. The molecule has 0 saturated heterocycles. The highest BCUT2D eigenvalue weighted by Gasteiger charge is 2.33. The van der Waals surface area contributed by atoms with Crippen molar-refractivity contribution < 1.29 is 0 Å². The van der Waals surface area contributed by atoms with E-state index in [4.69, 9.17) is 0 Å². The Kier molecular flexibility index (Phi) is 4.00. The molecule has 19 heavy (non-hydrogen) atoms. The van der Waals surface area contributed by atoms with Crippen LogP contribution in [0.5, 0.6) is 0 Å². The summed E-state index contributed by atoms with van der Waals surface area (Å²) >= 11 is 1.86. The minimum Gasteiger partial charge on any atom is -0.302 e. The maximum atomic E-state index is 3.89. The molecule has 1 saturated carbocycles. The average molecular weight is 271 g/mol. The van der Waals surface area contributed by atoms with Gasteiger partial charge in [0.15, 0.2) is 0 Å². The smallest absolute Gasteiger partial charge is 0.0417 e. The first kappa shape index (κ1) is 12.9. The summed E-state index contributed by atoms with van der Waals surface area (Å²) in [6.07, 6.45) is 3.89. The number of nitrogens with one attached hydrogen (secondary N) is 1. The molecule has 0 aliphatic heterocycles. The van der Waals surface area contributed by atoms with Crippen LogP contribution < -0.4 is 5.32 Å². The number of thiophene rings is 1. The van der Waals surface area contributed by atoms with Crippen LogP contribution >= 0.6 is 11.3 Å². The quantitative estimate of drug-likeness (QED) is 0.784. The SMILES string of the molecule is CCC(NC(c1ccccc1)C1CC1)c1cccs1. The minimum atomic E-state index is 0.491. The number of hydrogen-bond donors (Lipinski definition) is 1. The van der Waals surface area contributed by atoms with Crippen molar-refractivity contribution in [2.24, 2.45) is 5.92 Å². The molecule has 100 valence electrons. The van der Waals surface area contributed by atoms with Gasteiger partial charge in [-0.25, -0.2) is 0 Å². The molecule has 1 heterocycles. The second-order valence-electron chi connectivity index (χ2n) is 5.37. The molecule has 1 fully saturated rings. The van der Waals surface area contributed by atoms with Crippen LogP contribution in [0.25, 0.3) is 0 Å². The zero-order chi connectivity index (χ0) is 13.1. The van der Waals surface area contributed by atoms with Crippen LogP contribution in [-0.4, -0.2) is 0 Å². The Morgan fingerprint density at radius 3 is 2.53 bits per heavy atom. The van der Waals surface area contributed by atoms with Crippen molar-refractivity contribution in [3.8, 4) is 0 Å². The van der Waals surface area contributed by atoms with E-state index in [-0.39, 0.29) is 0 Å².